The van der Waals surface area contributed by atoms with Gasteiger partial charge in [0.2, 0.25) is 0 Å². The number of rotatable bonds is 7. The molecule has 0 fully saturated rings. The molecule has 0 atom stereocenters. The number of carbonyl (C=O) groups excluding carboxylic acids is 1. The first-order chi connectivity index (χ1) is 15.0. The van der Waals surface area contributed by atoms with Gasteiger partial charge in [0, 0.05) is 22.4 Å². The maximum absolute atomic E-state index is 14.0. The van der Waals surface area contributed by atoms with E-state index >= 15 is 0 Å². The van der Waals surface area contributed by atoms with E-state index in [1.807, 2.05) is 0 Å². The molecule has 0 aliphatic rings. The number of ether oxygens (including phenoxy) is 1. The molecule has 3 rings (SSSR count). The first-order valence-corrected chi connectivity index (χ1v) is 11.6. The van der Waals surface area contributed by atoms with Crippen molar-refractivity contribution in [3.63, 3.8) is 0 Å². The van der Waals surface area contributed by atoms with Crippen LogP contribution >= 0.6 is 23.5 Å². The van der Waals surface area contributed by atoms with E-state index in [-0.39, 0.29) is 17.6 Å². The molecule has 0 unspecified atom stereocenters. The highest BCUT2D eigenvalue weighted by molar-refractivity contribution is 9.10. The highest BCUT2D eigenvalue weighted by atomic mass is 79.9. The summed E-state index contributed by atoms with van der Waals surface area (Å²) < 4.78 is 46.5. The van der Waals surface area contributed by atoms with Gasteiger partial charge in [-0.25, -0.2) is 9.59 Å². The predicted octanol–water partition coefficient (Wildman–Crippen LogP) is 3.85. The standard InChI is InChI=1S/C20H18BrF2N2O6P/c1-2-31-18(26)14-4-6-15(7-5-14)25-10-9-24(19(25)27)12-13-3-8-16(17(21)11-13)20(22,23)32(28,29)30/h3-11H,2,12H2,1H3,(H2,28,29,30). The van der Waals surface area contributed by atoms with Crippen LogP contribution in [0.3, 0.4) is 0 Å². The zero-order valence-electron chi connectivity index (χ0n) is 16.6. The predicted molar refractivity (Wildman–Crippen MR) is 115 cm³/mol. The highest BCUT2D eigenvalue weighted by Crippen LogP contribution is 2.60. The molecule has 0 aliphatic heterocycles. The average Bonchev–Trinajstić information content (AvgIpc) is 3.07. The molecular weight excluding hydrogens is 513 g/mol. The number of aromatic nitrogens is 2. The number of alkyl halides is 2. The van der Waals surface area contributed by atoms with Gasteiger partial charge in [-0.3, -0.25) is 13.7 Å². The summed E-state index contributed by atoms with van der Waals surface area (Å²) in [6.45, 7) is 1.98. The first kappa shape index (κ1) is 24.1. The van der Waals surface area contributed by atoms with Crippen molar-refractivity contribution in [2.24, 2.45) is 0 Å². The number of benzene rings is 2. The van der Waals surface area contributed by atoms with E-state index in [1.165, 1.54) is 45.8 Å². The van der Waals surface area contributed by atoms with Crippen LogP contribution in [0.1, 0.15) is 28.4 Å². The summed E-state index contributed by atoms with van der Waals surface area (Å²) in [5.41, 5.74) is -4.28. The van der Waals surface area contributed by atoms with Crippen LogP contribution in [-0.4, -0.2) is 31.5 Å². The number of nitrogens with zero attached hydrogens (tertiary/aromatic N) is 2. The molecule has 2 aromatic carbocycles. The fourth-order valence-electron chi connectivity index (χ4n) is 2.96. The summed E-state index contributed by atoms with van der Waals surface area (Å²) in [6, 6.07) is 9.70. The molecule has 0 radical (unpaired) electrons. The number of halogens is 3. The molecule has 0 bridgehead atoms. The monoisotopic (exact) mass is 530 g/mol. The summed E-state index contributed by atoms with van der Waals surface area (Å²) in [6.07, 6.45) is 3.03. The molecule has 170 valence electrons. The fourth-order valence-corrected chi connectivity index (χ4v) is 4.29. The van der Waals surface area contributed by atoms with Crippen molar-refractivity contribution in [3.05, 3.63) is 86.5 Å². The SMILES string of the molecule is CCOC(=O)c1ccc(-n2ccn(Cc3ccc(C(F)(F)P(=O)(O)O)c(Br)c3)c2=O)cc1. The molecular formula is C20H18BrF2N2O6P. The largest absolute Gasteiger partial charge is 0.462 e. The molecule has 0 aliphatic carbocycles. The Morgan fingerprint density at radius 2 is 1.81 bits per heavy atom. The van der Waals surface area contributed by atoms with Gasteiger partial charge in [-0.2, -0.15) is 8.78 Å². The fraction of sp³-hybridized carbons (Fsp3) is 0.200. The third kappa shape index (κ3) is 4.75. The average molecular weight is 531 g/mol. The van der Waals surface area contributed by atoms with Crippen molar-refractivity contribution in [2.45, 2.75) is 19.1 Å². The third-order valence-corrected chi connectivity index (χ3v) is 6.21. The van der Waals surface area contributed by atoms with Gasteiger partial charge in [0.25, 0.3) is 0 Å². The molecule has 1 heterocycles. The minimum absolute atomic E-state index is 0.0348. The van der Waals surface area contributed by atoms with E-state index in [1.54, 1.807) is 19.1 Å². The lowest BCUT2D eigenvalue weighted by Crippen LogP contribution is -2.23. The van der Waals surface area contributed by atoms with Crippen LogP contribution in [0.4, 0.5) is 8.78 Å². The Morgan fingerprint density at radius 3 is 2.38 bits per heavy atom. The molecule has 0 saturated carbocycles. The second-order valence-corrected chi connectivity index (χ2v) is 9.25. The maximum atomic E-state index is 14.0. The van der Waals surface area contributed by atoms with Crippen molar-refractivity contribution in [1.82, 2.24) is 9.13 Å². The zero-order valence-corrected chi connectivity index (χ0v) is 19.1. The number of carbonyl (C=O) groups is 1. The molecule has 12 heteroatoms. The van der Waals surface area contributed by atoms with Crippen LogP contribution in [0, 0.1) is 0 Å². The van der Waals surface area contributed by atoms with Gasteiger partial charge in [-0.1, -0.05) is 28.1 Å². The van der Waals surface area contributed by atoms with Gasteiger partial charge in [-0.15, -0.1) is 0 Å². The smallest absolute Gasteiger partial charge is 0.399 e. The van der Waals surface area contributed by atoms with Crippen LogP contribution in [0.25, 0.3) is 5.69 Å². The minimum Gasteiger partial charge on any atom is -0.462 e. The third-order valence-electron chi connectivity index (χ3n) is 4.58. The van der Waals surface area contributed by atoms with Crippen LogP contribution < -0.4 is 5.69 Å². The maximum Gasteiger partial charge on any atom is 0.399 e. The number of hydrogen-bond acceptors (Lipinski definition) is 4. The van der Waals surface area contributed by atoms with Crippen molar-refractivity contribution in [2.75, 3.05) is 6.61 Å². The number of imidazole rings is 1. The molecule has 1 aromatic heterocycles. The van der Waals surface area contributed by atoms with Gasteiger partial charge in [0.1, 0.15) is 0 Å². The van der Waals surface area contributed by atoms with Crippen molar-refractivity contribution < 1.29 is 32.7 Å². The van der Waals surface area contributed by atoms with E-state index in [0.717, 1.165) is 6.07 Å². The van der Waals surface area contributed by atoms with Crippen molar-refractivity contribution >= 4 is 29.5 Å². The van der Waals surface area contributed by atoms with Crippen LogP contribution in [0.15, 0.2) is 64.1 Å². The van der Waals surface area contributed by atoms with E-state index in [9.17, 15) is 22.9 Å². The summed E-state index contributed by atoms with van der Waals surface area (Å²) in [4.78, 5) is 42.3. The summed E-state index contributed by atoms with van der Waals surface area (Å²) in [7, 11) is -5.70. The Morgan fingerprint density at radius 1 is 1.16 bits per heavy atom. The van der Waals surface area contributed by atoms with Gasteiger partial charge < -0.3 is 14.5 Å². The quantitative estimate of drug-likeness (QED) is 0.354. The topological polar surface area (TPSA) is 111 Å². The van der Waals surface area contributed by atoms with Crippen LogP contribution in [0.2, 0.25) is 0 Å². The zero-order chi connectivity index (χ0) is 23.7. The van der Waals surface area contributed by atoms with E-state index < -0.39 is 30.5 Å². The van der Waals surface area contributed by atoms with Gasteiger partial charge in [-0.05, 0) is 42.8 Å². The highest BCUT2D eigenvalue weighted by Gasteiger charge is 2.51. The van der Waals surface area contributed by atoms with Crippen LogP contribution in [0.5, 0.6) is 0 Å². The normalized spacial score (nSPS) is 12.1. The first-order valence-electron chi connectivity index (χ1n) is 9.23. The van der Waals surface area contributed by atoms with E-state index in [4.69, 9.17) is 14.5 Å². The summed E-state index contributed by atoms with van der Waals surface area (Å²) in [5, 5.41) is 0. The Hall–Kier alpha value is -2.59. The molecule has 2 N–H and O–H groups in total. The Balaban J connectivity index is 1.84. The molecule has 3 aromatic rings. The Labute approximate surface area is 189 Å². The van der Waals surface area contributed by atoms with E-state index in [2.05, 4.69) is 15.9 Å². The molecule has 8 nitrogen and oxygen atoms in total. The lowest BCUT2D eigenvalue weighted by Gasteiger charge is -2.19. The molecule has 0 saturated heterocycles. The van der Waals surface area contributed by atoms with E-state index in [0.29, 0.717) is 16.8 Å². The molecule has 0 spiro atoms. The van der Waals surface area contributed by atoms with Gasteiger partial charge in [0.15, 0.2) is 0 Å². The summed E-state index contributed by atoms with van der Waals surface area (Å²) >= 11 is 2.92. The minimum atomic E-state index is -5.70. The molecule has 0 amide bonds. The van der Waals surface area contributed by atoms with Crippen molar-refractivity contribution in [3.8, 4) is 5.69 Å². The van der Waals surface area contributed by atoms with Gasteiger partial charge >= 0.3 is 24.9 Å². The van der Waals surface area contributed by atoms with Gasteiger partial charge in [0.05, 0.1) is 24.4 Å². The Bertz CT molecular complexity index is 1250. The Kier molecular flexibility index (Phi) is 6.85. The van der Waals surface area contributed by atoms with Crippen molar-refractivity contribution in [1.29, 1.82) is 0 Å². The second kappa shape index (κ2) is 9.11. The molecule has 32 heavy (non-hydrogen) atoms. The lowest BCUT2D eigenvalue weighted by atomic mass is 10.1. The summed E-state index contributed by atoms with van der Waals surface area (Å²) in [5.74, 6) is -0.470. The second-order valence-electron chi connectivity index (χ2n) is 6.75. The van der Waals surface area contributed by atoms with Crippen LogP contribution in [-0.2, 0) is 21.5 Å². The lowest BCUT2D eigenvalue weighted by molar-refractivity contribution is 0.0526. The number of esters is 1. The number of hydrogen-bond donors (Lipinski definition) is 2.